The van der Waals surface area contributed by atoms with Gasteiger partial charge in [0.05, 0.1) is 19.1 Å². The van der Waals surface area contributed by atoms with Crippen molar-refractivity contribution in [3.8, 4) is 5.75 Å². The van der Waals surface area contributed by atoms with E-state index in [4.69, 9.17) is 9.47 Å². The molecule has 0 spiro atoms. The van der Waals surface area contributed by atoms with Crippen LogP contribution in [0.1, 0.15) is 24.5 Å². The fourth-order valence-corrected chi connectivity index (χ4v) is 2.29. The number of esters is 1. The Balaban J connectivity index is 1.95. The molecule has 0 aromatic heterocycles. The number of aliphatic hydroxyl groups excluding tert-OH is 1. The SMILES string of the molecule is CCOC(=O)CC(O)Cc1ccccc1OCc1ccccc1. The monoisotopic (exact) mass is 314 g/mol. The number of rotatable bonds is 8. The van der Waals surface area contributed by atoms with Gasteiger partial charge in [-0.2, -0.15) is 0 Å². The molecule has 2 aromatic carbocycles. The van der Waals surface area contributed by atoms with Crippen molar-refractivity contribution >= 4 is 5.97 Å². The summed E-state index contributed by atoms with van der Waals surface area (Å²) in [4.78, 5) is 11.4. The second-order valence-corrected chi connectivity index (χ2v) is 5.25. The third-order valence-corrected chi connectivity index (χ3v) is 3.37. The maximum atomic E-state index is 11.4. The zero-order valence-corrected chi connectivity index (χ0v) is 13.3. The van der Waals surface area contributed by atoms with E-state index in [1.54, 1.807) is 6.92 Å². The summed E-state index contributed by atoms with van der Waals surface area (Å²) in [7, 11) is 0. The van der Waals surface area contributed by atoms with Crippen LogP contribution in [-0.2, 0) is 22.6 Å². The normalized spacial score (nSPS) is 11.7. The molecule has 122 valence electrons. The molecule has 1 unspecified atom stereocenters. The van der Waals surface area contributed by atoms with Crippen molar-refractivity contribution in [2.75, 3.05) is 6.61 Å². The lowest BCUT2D eigenvalue weighted by Gasteiger charge is -2.14. The topological polar surface area (TPSA) is 55.8 Å². The molecule has 0 saturated heterocycles. The van der Waals surface area contributed by atoms with E-state index < -0.39 is 6.10 Å². The summed E-state index contributed by atoms with van der Waals surface area (Å²) in [5.74, 6) is 0.335. The van der Waals surface area contributed by atoms with Crippen LogP contribution < -0.4 is 4.74 Å². The molecule has 0 bridgehead atoms. The number of aliphatic hydroxyl groups is 1. The average molecular weight is 314 g/mol. The van der Waals surface area contributed by atoms with Gasteiger partial charge in [0.1, 0.15) is 12.4 Å². The Hall–Kier alpha value is -2.33. The molecule has 1 N–H and O–H groups in total. The van der Waals surface area contributed by atoms with Gasteiger partial charge in [0.25, 0.3) is 0 Å². The summed E-state index contributed by atoms with van der Waals surface area (Å²) < 4.78 is 10.7. The highest BCUT2D eigenvalue weighted by atomic mass is 16.5. The summed E-state index contributed by atoms with van der Waals surface area (Å²) in [6, 6.07) is 17.4. The van der Waals surface area contributed by atoms with Gasteiger partial charge in [-0.05, 0) is 24.1 Å². The van der Waals surface area contributed by atoms with Gasteiger partial charge in [0.15, 0.2) is 0 Å². The fourth-order valence-electron chi connectivity index (χ4n) is 2.29. The van der Waals surface area contributed by atoms with Gasteiger partial charge in [0.2, 0.25) is 0 Å². The molecule has 0 aliphatic rings. The molecule has 0 heterocycles. The Morgan fingerprint density at radius 2 is 1.78 bits per heavy atom. The molecular weight excluding hydrogens is 292 g/mol. The van der Waals surface area contributed by atoms with Crippen molar-refractivity contribution in [1.82, 2.24) is 0 Å². The van der Waals surface area contributed by atoms with E-state index in [1.807, 2.05) is 54.6 Å². The lowest BCUT2D eigenvalue weighted by molar-refractivity contribution is -0.145. The van der Waals surface area contributed by atoms with E-state index in [2.05, 4.69) is 0 Å². The summed E-state index contributed by atoms with van der Waals surface area (Å²) >= 11 is 0. The highest BCUT2D eigenvalue weighted by molar-refractivity contribution is 5.70. The molecule has 0 aliphatic carbocycles. The minimum absolute atomic E-state index is 0.0130. The summed E-state index contributed by atoms with van der Waals surface area (Å²) in [5.41, 5.74) is 1.95. The highest BCUT2D eigenvalue weighted by Crippen LogP contribution is 2.21. The molecule has 2 rings (SSSR count). The van der Waals surface area contributed by atoms with E-state index in [-0.39, 0.29) is 12.4 Å². The molecule has 0 radical (unpaired) electrons. The van der Waals surface area contributed by atoms with Gasteiger partial charge in [0, 0.05) is 6.42 Å². The number of carbonyl (C=O) groups excluding carboxylic acids is 1. The Bertz CT molecular complexity index is 610. The van der Waals surface area contributed by atoms with Crippen LogP contribution in [0.4, 0.5) is 0 Å². The minimum atomic E-state index is -0.782. The molecule has 4 heteroatoms. The van der Waals surface area contributed by atoms with Crippen molar-refractivity contribution in [2.24, 2.45) is 0 Å². The van der Waals surface area contributed by atoms with Gasteiger partial charge in [-0.3, -0.25) is 4.79 Å². The van der Waals surface area contributed by atoms with Crippen molar-refractivity contribution in [1.29, 1.82) is 0 Å². The second kappa shape index (κ2) is 8.96. The third-order valence-electron chi connectivity index (χ3n) is 3.37. The van der Waals surface area contributed by atoms with Gasteiger partial charge < -0.3 is 14.6 Å². The molecular formula is C19H22O4. The van der Waals surface area contributed by atoms with Crippen LogP contribution in [-0.4, -0.2) is 23.8 Å². The maximum absolute atomic E-state index is 11.4. The van der Waals surface area contributed by atoms with E-state index in [0.717, 1.165) is 16.9 Å². The van der Waals surface area contributed by atoms with Crippen LogP contribution >= 0.6 is 0 Å². The lowest BCUT2D eigenvalue weighted by Crippen LogP contribution is -2.18. The smallest absolute Gasteiger partial charge is 0.308 e. The Morgan fingerprint density at radius 3 is 2.52 bits per heavy atom. The molecule has 23 heavy (non-hydrogen) atoms. The minimum Gasteiger partial charge on any atom is -0.489 e. The van der Waals surface area contributed by atoms with Crippen LogP contribution in [0.3, 0.4) is 0 Å². The Morgan fingerprint density at radius 1 is 1.09 bits per heavy atom. The van der Waals surface area contributed by atoms with Crippen molar-refractivity contribution in [3.05, 3.63) is 65.7 Å². The molecule has 0 fully saturated rings. The Labute approximate surface area is 136 Å². The maximum Gasteiger partial charge on any atom is 0.308 e. The first kappa shape index (κ1) is 17.0. The number of benzene rings is 2. The zero-order chi connectivity index (χ0) is 16.5. The first-order valence-corrected chi connectivity index (χ1v) is 7.77. The summed E-state index contributed by atoms with van der Waals surface area (Å²) in [6.07, 6.45) is -0.444. The first-order chi connectivity index (χ1) is 11.2. The number of para-hydroxylation sites is 1. The molecule has 4 nitrogen and oxygen atoms in total. The second-order valence-electron chi connectivity index (χ2n) is 5.25. The highest BCUT2D eigenvalue weighted by Gasteiger charge is 2.14. The van der Waals surface area contributed by atoms with E-state index in [9.17, 15) is 9.90 Å². The molecule has 0 aliphatic heterocycles. The predicted octanol–water partition coefficient (Wildman–Crippen LogP) is 3.12. The standard InChI is InChI=1S/C19H22O4/c1-2-22-19(21)13-17(20)12-16-10-6-7-11-18(16)23-14-15-8-4-3-5-9-15/h3-11,17,20H,2,12-14H2,1H3. The molecule has 1 atom stereocenters. The summed E-state index contributed by atoms with van der Waals surface area (Å²) in [5, 5.41) is 10.1. The number of hydrogen-bond acceptors (Lipinski definition) is 4. The van der Waals surface area contributed by atoms with Gasteiger partial charge in [-0.25, -0.2) is 0 Å². The average Bonchev–Trinajstić information content (AvgIpc) is 2.55. The van der Waals surface area contributed by atoms with E-state index in [1.165, 1.54) is 0 Å². The van der Waals surface area contributed by atoms with E-state index in [0.29, 0.717) is 19.6 Å². The summed E-state index contributed by atoms with van der Waals surface area (Å²) in [6.45, 7) is 2.53. The predicted molar refractivity (Wildman–Crippen MR) is 88.2 cm³/mol. The Kier molecular flexibility index (Phi) is 6.63. The van der Waals surface area contributed by atoms with Crippen molar-refractivity contribution in [2.45, 2.75) is 32.5 Å². The lowest BCUT2D eigenvalue weighted by atomic mass is 10.0. The number of ether oxygens (including phenoxy) is 2. The van der Waals surface area contributed by atoms with Gasteiger partial charge in [-0.1, -0.05) is 48.5 Å². The number of carbonyl (C=O) groups is 1. The van der Waals surface area contributed by atoms with E-state index >= 15 is 0 Å². The van der Waals surface area contributed by atoms with Crippen LogP contribution in [0.15, 0.2) is 54.6 Å². The van der Waals surface area contributed by atoms with Gasteiger partial charge >= 0.3 is 5.97 Å². The third kappa shape index (κ3) is 5.75. The van der Waals surface area contributed by atoms with Crippen molar-refractivity contribution in [3.63, 3.8) is 0 Å². The first-order valence-electron chi connectivity index (χ1n) is 7.77. The van der Waals surface area contributed by atoms with Crippen LogP contribution in [0, 0.1) is 0 Å². The van der Waals surface area contributed by atoms with Crippen molar-refractivity contribution < 1.29 is 19.4 Å². The largest absolute Gasteiger partial charge is 0.489 e. The molecule has 2 aromatic rings. The molecule has 0 amide bonds. The van der Waals surface area contributed by atoms with Crippen LogP contribution in [0.5, 0.6) is 5.75 Å². The van der Waals surface area contributed by atoms with Crippen LogP contribution in [0.2, 0.25) is 0 Å². The van der Waals surface area contributed by atoms with Crippen LogP contribution in [0.25, 0.3) is 0 Å². The fraction of sp³-hybridized carbons (Fsp3) is 0.316. The van der Waals surface area contributed by atoms with Gasteiger partial charge in [-0.15, -0.1) is 0 Å². The zero-order valence-electron chi connectivity index (χ0n) is 13.3. The number of hydrogen-bond donors (Lipinski definition) is 1. The molecule has 0 saturated carbocycles. The quantitative estimate of drug-likeness (QED) is 0.761.